The van der Waals surface area contributed by atoms with Gasteiger partial charge in [0.05, 0.1) is 5.69 Å². The van der Waals surface area contributed by atoms with Crippen molar-refractivity contribution in [3.8, 4) is 11.1 Å². The third-order valence-corrected chi connectivity index (χ3v) is 6.79. The van der Waals surface area contributed by atoms with Crippen molar-refractivity contribution in [2.45, 2.75) is 19.3 Å². The van der Waals surface area contributed by atoms with Crippen LogP contribution in [0, 0.1) is 0 Å². The highest BCUT2D eigenvalue weighted by Crippen LogP contribution is 2.56. The molecule has 0 bridgehead atoms. The largest absolute Gasteiger partial charge is 0.310 e. The van der Waals surface area contributed by atoms with Gasteiger partial charge in [-0.3, -0.25) is 0 Å². The zero-order valence-corrected chi connectivity index (χ0v) is 18.4. The fourth-order valence-electron chi connectivity index (χ4n) is 5.39. The van der Waals surface area contributed by atoms with E-state index >= 15 is 0 Å². The molecule has 5 aromatic rings. The van der Waals surface area contributed by atoms with Gasteiger partial charge in [0.15, 0.2) is 0 Å². The van der Waals surface area contributed by atoms with Gasteiger partial charge in [-0.25, -0.2) is 0 Å². The van der Waals surface area contributed by atoms with Gasteiger partial charge >= 0.3 is 0 Å². The second kappa shape index (κ2) is 7.10. The van der Waals surface area contributed by atoms with Crippen LogP contribution in [0.25, 0.3) is 21.9 Å². The monoisotopic (exact) mass is 411 g/mol. The SMILES string of the molecule is CC1(C)c2ccccc2-c2c(N(c3ccccc3)c3ccccc3)cc3ccccc3c21. The Bertz CT molecular complexity index is 1390. The standard InChI is InChI=1S/C31H25N/c1-31(2)27-20-12-11-19-26(27)29-28(21-22-13-9-10-18-25(22)30(29)31)32(23-14-5-3-6-15-23)24-16-7-4-8-17-24/h3-21H,1-2H3. The van der Waals surface area contributed by atoms with Crippen LogP contribution in [0.5, 0.6) is 0 Å². The predicted octanol–water partition coefficient (Wildman–Crippen LogP) is 8.62. The number of fused-ring (bicyclic) bond motifs is 5. The Morgan fingerprint density at radius 2 is 1.16 bits per heavy atom. The summed E-state index contributed by atoms with van der Waals surface area (Å²) >= 11 is 0. The van der Waals surface area contributed by atoms with Gasteiger partial charge in [-0.15, -0.1) is 0 Å². The van der Waals surface area contributed by atoms with Crippen molar-refractivity contribution in [1.29, 1.82) is 0 Å². The van der Waals surface area contributed by atoms with Gasteiger partial charge in [-0.1, -0.05) is 98.8 Å². The molecule has 6 rings (SSSR count). The van der Waals surface area contributed by atoms with Crippen molar-refractivity contribution in [3.63, 3.8) is 0 Å². The number of benzene rings is 5. The minimum atomic E-state index is -0.0689. The fraction of sp³-hybridized carbons (Fsp3) is 0.0968. The molecule has 0 fully saturated rings. The van der Waals surface area contributed by atoms with Crippen LogP contribution < -0.4 is 4.90 Å². The first-order chi connectivity index (χ1) is 15.7. The molecule has 0 unspecified atom stereocenters. The molecule has 0 amide bonds. The third kappa shape index (κ3) is 2.71. The van der Waals surface area contributed by atoms with Crippen LogP contribution in [-0.4, -0.2) is 0 Å². The third-order valence-electron chi connectivity index (χ3n) is 6.79. The zero-order chi connectivity index (χ0) is 21.7. The summed E-state index contributed by atoms with van der Waals surface area (Å²) in [5, 5.41) is 2.62. The molecule has 0 saturated heterocycles. The summed E-state index contributed by atoms with van der Waals surface area (Å²) in [4.78, 5) is 2.41. The van der Waals surface area contributed by atoms with E-state index < -0.39 is 0 Å². The van der Waals surface area contributed by atoms with E-state index in [0.29, 0.717) is 0 Å². The Labute approximate surface area is 189 Å². The highest BCUT2D eigenvalue weighted by atomic mass is 15.1. The molecule has 0 heterocycles. The Morgan fingerprint density at radius 3 is 1.84 bits per heavy atom. The molecule has 1 aliphatic rings. The van der Waals surface area contributed by atoms with Crippen LogP contribution in [0.2, 0.25) is 0 Å². The molecule has 0 atom stereocenters. The number of anilines is 3. The summed E-state index contributed by atoms with van der Waals surface area (Å²) in [6, 6.07) is 41.5. The maximum Gasteiger partial charge on any atom is 0.0549 e. The van der Waals surface area contributed by atoms with Crippen LogP contribution in [0.15, 0.2) is 115 Å². The van der Waals surface area contributed by atoms with E-state index in [1.54, 1.807) is 0 Å². The van der Waals surface area contributed by atoms with E-state index in [-0.39, 0.29) is 5.41 Å². The molecule has 0 radical (unpaired) electrons. The van der Waals surface area contributed by atoms with Crippen molar-refractivity contribution >= 4 is 27.8 Å². The van der Waals surface area contributed by atoms with Crippen molar-refractivity contribution in [2.24, 2.45) is 0 Å². The van der Waals surface area contributed by atoms with Gasteiger partial charge in [0.25, 0.3) is 0 Å². The van der Waals surface area contributed by atoms with Gasteiger partial charge in [0.2, 0.25) is 0 Å². The Balaban J connectivity index is 1.77. The Morgan fingerprint density at radius 1 is 0.594 bits per heavy atom. The second-order valence-corrected chi connectivity index (χ2v) is 9.04. The number of hydrogen-bond acceptors (Lipinski definition) is 1. The lowest BCUT2D eigenvalue weighted by Crippen LogP contribution is -2.16. The van der Waals surface area contributed by atoms with Gasteiger partial charge in [-0.05, 0) is 57.8 Å². The summed E-state index contributed by atoms with van der Waals surface area (Å²) in [5.41, 5.74) is 8.99. The predicted molar refractivity (Wildman–Crippen MR) is 136 cm³/mol. The number of rotatable bonds is 3. The highest BCUT2D eigenvalue weighted by Gasteiger charge is 2.39. The average Bonchev–Trinajstić information content (AvgIpc) is 3.09. The lowest BCUT2D eigenvalue weighted by molar-refractivity contribution is 0.666. The smallest absolute Gasteiger partial charge is 0.0549 e. The Hall–Kier alpha value is -3.84. The minimum Gasteiger partial charge on any atom is -0.310 e. The molecule has 1 heteroatoms. The average molecular weight is 412 g/mol. The summed E-state index contributed by atoms with van der Waals surface area (Å²) in [5.74, 6) is 0. The summed E-state index contributed by atoms with van der Waals surface area (Å²) in [6.07, 6.45) is 0. The lowest BCUT2D eigenvalue weighted by Gasteiger charge is -2.30. The van der Waals surface area contributed by atoms with E-state index in [0.717, 1.165) is 0 Å². The van der Waals surface area contributed by atoms with E-state index in [1.165, 1.54) is 50.1 Å². The summed E-state index contributed by atoms with van der Waals surface area (Å²) < 4.78 is 0. The number of para-hydroxylation sites is 2. The first-order valence-electron chi connectivity index (χ1n) is 11.2. The summed E-state index contributed by atoms with van der Waals surface area (Å²) in [7, 11) is 0. The van der Waals surface area contributed by atoms with Gasteiger partial charge in [0.1, 0.15) is 0 Å². The molecule has 32 heavy (non-hydrogen) atoms. The first kappa shape index (κ1) is 18.9. The number of nitrogens with zero attached hydrogens (tertiary/aromatic N) is 1. The van der Waals surface area contributed by atoms with E-state index in [1.807, 2.05) is 0 Å². The number of hydrogen-bond donors (Lipinski definition) is 0. The quantitative estimate of drug-likeness (QED) is 0.287. The minimum absolute atomic E-state index is 0.0689. The zero-order valence-electron chi connectivity index (χ0n) is 18.4. The Kier molecular flexibility index (Phi) is 4.19. The molecule has 0 saturated carbocycles. The fourth-order valence-corrected chi connectivity index (χ4v) is 5.39. The molecular weight excluding hydrogens is 386 g/mol. The molecule has 1 aliphatic carbocycles. The summed E-state index contributed by atoms with van der Waals surface area (Å²) in [6.45, 7) is 4.73. The first-order valence-corrected chi connectivity index (χ1v) is 11.2. The van der Waals surface area contributed by atoms with Crippen molar-refractivity contribution < 1.29 is 0 Å². The van der Waals surface area contributed by atoms with Crippen LogP contribution >= 0.6 is 0 Å². The van der Waals surface area contributed by atoms with Crippen molar-refractivity contribution in [2.75, 3.05) is 4.90 Å². The topological polar surface area (TPSA) is 3.24 Å². The van der Waals surface area contributed by atoms with Crippen LogP contribution in [0.1, 0.15) is 25.0 Å². The molecule has 1 nitrogen and oxygen atoms in total. The normalized spacial score (nSPS) is 13.6. The van der Waals surface area contributed by atoms with E-state index in [4.69, 9.17) is 0 Å². The molecular formula is C31H25N. The molecule has 154 valence electrons. The molecule has 5 aromatic carbocycles. The van der Waals surface area contributed by atoms with Gasteiger partial charge in [-0.2, -0.15) is 0 Å². The van der Waals surface area contributed by atoms with Gasteiger partial charge < -0.3 is 4.90 Å². The van der Waals surface area contributed by atoms with Gasteiger partial charge in [0, 0.05) is 22.4 Å². The molecule has 0 spiro atoms. The van der Waals surface area contributed by atoms with Crippen LogP contribution in [0.4, 0.5) is 17.1 Å². The lowest BCUT2D eigenvalue weighted by atomic mass is 9.80. The maximum absolute atomic E-state index is 2.41. The maximum atomic E-state index is 2.41. The van der Waals surface area contributed by atoms with Crippen molar-refractivity contribution in [3.05, 3.63) is 126 Å². The molecule has 0 aromatic heterocycles. The van der Waals surface area contributed by atoms with E-state index in [9.17, 15) is 0 Å². The highest BCUT2D eigenvalue weighted by molar-refractivity contribution is 6.05. The molecule has 0 N–H and O–H groups in total. The van der Waals surface area contributed by atoms with Crippen molar-refractivity contribution in [1.82, 2.24) is 0 Å². The molecule has 0 aliphatic heterocycles. The second-order valence-electron chi connectivity index (χ2n) is 9.04. The van der Waals surface area contributed by atoms with E-state index in [2.05, 4.69) is 134 Å². The van der Waals surface area contributed by atoms with Crippen LogP contribution in [-0.2, 0) is 5.41 Å². The van der Waals surface area contributed by atoms with Crippen LogP contribution in [0.3, 0.4) is 0 Å².